The minimum absolute atomic E-state index is 0. The molecule has 1 aliphatic heterocycles. The first-order chi connectivity index (χ1) is 10.1. The molecule has 1 aliphatic carbocycles. The van der Waals surface area contributed by atoms with Crippen molar-refractivity contribution >= 4 is 28.3 Å². The largest absolute Gasteiger partial charge is 0.506 e. The second kappa shape index (κ2) is 7.52. The van der Waals surface area contributed by atoms with E-state index in [0.717, 1.165) is 27.6 Å². The van der Waals surface area contributed by atoms with E-state index in [0.29, 0.717) is 18.2 Å². The van der Waals surface area contributed by atoms with Gasteiger partial charge in [-0.2, -0.15) is 0 Å². The summed E-state index contributed by atoms with van der Waals surface area (Å²) in [5.74, 6) is 0.984. The van der Waals surface area contributed by atoms with Crippen molar-refractivity contribution in [1.29, 1.82) is 0 Å². The number of ether oxygens (including phenoxy) is 1. The van der Waals surface area contributed by atoms with E-state index >= 15 is 0 Å². The first-order valence-electron chi connectivity index (χ1n) is 7.98. The Kier molecular flexibility index (Phi) is 6.17. The van der Waals surface area contributed by atoms with E-state index in [1.165, 1.54) is 32.1 Å². The Morgan fingerprint density at radius 3 is 2.64 bits per heavy atom. The van der Waals surface area contributed by atoms with Gasteiger partial charge in [0.15, 0.2) is 0 Å². The van der Waals surface area contributed by atoms with E-state index < -0.39 is 0 Å². The summed E-state index contributed by atoms with van der Waals surface area (Å²) >= 11 is 3.46. The Bertz CT molecular complexity index is 532. The van der Waals surface area contributed by atoms with Crippen molar-refractivity contribution in [2.75, 3.05) is 6.54 Å². The zero-order chi connectivity index (χ0) is 15.0. The number of rotatable bonds is 2. The van der Waals surface area contributed by atoms with E-state index in [-0.39, 0.29) is 24.6 Å². The van der Waals surface area contributed by atoms with Gasteiger partial charge in [-0.1, -0.05) is 19.3 Å². The van der Waals surface area contributed by atoms with Gasteiger partial charge in [-0.05, 0) is 58.8 Å². The number of phenols is 1. The molecule has 2 atom stereocenters. The van der Waals surface area contributed by atoms with Gasteiger partial charge in [0.1, 0.15) is 5.75 Å². The second-order valence-electron chi connectivity index (χ2n) is 6.42. The zero-order valence-electron chi connectivity index (χ0n) is 13.0. The van der Waals surface area contributed by atoms with Gasteiger partial charge >= 0.3 is 0 Å². The predicted molar refractivity (Wildman–Crippen MR) is 94.7 cm³/mol. The van der Waals surface area contributed by atoms with Crippen LogP contribution in [-0.2, 0) is 11.2 Å². The summed E-state index contributed by atoms with van der Waals surface area (Å²) < 4.78 is 7.10. The van der Waals surface area contributed by atoms with Crippen LogP contribution in [0.5, 0.6) is 5.75 Å². The lowest BCUT2D eigenvalue weighted by atomic mass is 9.79. The highest BCUT2D eigenvalue weighted by Gasteiger charge is 2.35. The molecule has 0 saturated heterocycles. The molecular formula is C17H25BrClNO2. The lowest BCUT2D eigenvalue weighted by Crippen LogP contribution is -2.36. The lowest BCUT2D eigenvalue weighted by molar-refractivity contribution is -0.0597. The maximum atomic E-state index is 10.5. The van der Waals surface area contributed by atoms with Gasteiger partial charge in [0.2, 0.25) is 0 Å². The van der Waals surface area contributed by atoms with E-state index in [1.54, 1.807) is 0 Å². The third-order valence-electron chi connectivity index (χ3n) is 5.06. The monoisotopic (exact) mass is 389 g/mol. The molecule has 0 amide bonds. The number of phenolic OH excluding ortho intramolecular Hbond substituents is 1. The number of aromatic hydroxyl groups is 1. The maximum absolute atomic E-state index is 10.5. The summed E-state index contributed by atoms with van der Waals surface area (Å²) in [5.41, 5.74) is 9.24. The molecule has 1 heterocycles. The van der Waals surface area contributed by atoms with E-state index in [1.807, 2.05) is 6.07 Å². The molecule has 124 valence electrons. The SMILES string of the molecule is Cc1cc(Br)c(O)c2c1C(CN)OC(C1CCCCC1)C2.Cl. The molecule has 3 N–H and O–H groups in total. The topological polar surface area (TPSA) is 55.5 Å². The fraction of sp³-hybridized carbons (Fsp3) is 0.647. The standard InChI is InChI=1S/C17H24BrNO2.ClH/c1-10-7-13(18)17(20)12-8-14(11-5-3-2-4-6-11)21-15(9-19)16(10)12;/h7,11,14-15,20H,2-6,8-9,19H2,1H3;1H. The summed E-state index contributed by atoms with van der Waals surface area (Å²) in [6.07, 6.45) is 7.35. The molecule has 22 heavy (non-hydrogen) atoms. The molecule has 0 spiro atoms. The third kappa shape index (κ3) is 3.30. The van der Waals surface area contributed by atoms with Gasteiger partial charge in [0.05, 0.1) is 16.7 Å². The quantitative estimate of drug-likeness (QED) is 0.786. The highest BCUT2D eigenvalue weighted by atomic mass is 79.9. The molecular weight excluding hydrogens is 366 g/mol. The zero-order valence-corrected chi connectivity index (χ0v) is 15.4. The number of aryl methyl sites for hydroxylation is 1. The minimum Gasteiger partial charge on any atom is -0.506 e. The number of hydrogen-bond acceptors (Lipinski definition) is 3. The van der Waals surface area contributed by atoms with Crippen LogP contribution >= 0.6 is 28.3 Å². The summed E-state index contributed by atoms with van der Waals surface area (Å²) in [7, 11) is 0. The van der Waals surface area contributed by atoms with E-state index in [2.05, 4.69) is 22.9 Å². The molecule has 1 fully saturated rings. The fourth-order valence-electron chi connectivity index (χ4n) is 3.99. The van der Waals surface area contributed by atoms with Crippen molar-refractivity contribution in [1.82, 2.24) is 0 Å². The average Bonchev–Trinajstić information content (AvgIpc) is 2.52. The van der Waals surface area contributed by atoms with Crippen molar-refractivity contribution in [2.45, 2.75) is 57.7 Å². The predicted octanol–water partition coefficient (Wildman–Crippen LogP) is 4.41. The fourth-order valence-corrected chi connectivity index (χ4v) is 4.57. The Hall–Kier alpha value is -0.290. The first-order valence-corrected chi connectivity index (χ1v) is 8.77. The normalized spacial score (nSPS) is 25.4. The maximum Gasteiger partial charge on any atom is 0.133 e. The van der Waals surface area contributed by atoms with Crippen molar-refractivity contribution in [2.24, 2.45) is 11.7 Å². The minimum atomic E-state index is -0.0836. The van der Waals surface area contributed by atoms with Crippen molar-refractivity contribution in [3.8, 4) is 5.75 Å². The Labute approximate surface area is 147 Å². The molecule has 1 aromatic rings. The number of hydrogen-bond donors (Lipinski definition) is 2. The highest BCUT2D eigenvalue weighted by Crippen LogP contribution is 2.44. The highest BCUT2D eigenvalue weighted by molar-refractivity contribution is 9.10. The van der Waals surface area contributed by atoms with Crippen LogP contribution < -0.4 is 5.73 Å². The van der Waals surface area contributed by atoms with Crippen LogP contribution in [0.15, 0.2) is 10.5 Å². The second-order valence-corrected chi connectivity index (χ2v) is 7.27. The van der Waals surface area contributed by atoms with Gasteiger partial charge < -0.3 is 15.6 Å². The van der Waals surface area contributed by atoms with Crippen LogP contribution in [-0.4, -0.2) is 17.8 Å². The third-order valence-corrected chi connectivity index (χ3v) is 5.67. The summed E-state index contributed by atoms with van der Waals surface area (Å²) in [6, 6.07) is 1.96. The van der Waals surface area contributed by atoms with Gasteiger partial charge in [-0.25, -0.2) is 0 Å². The lowest BCUT2D eigenvalue weighted by Gasteiger charge is -2.38. The van der Waals surface area contributed by atoms with E-state index in [9.17, 15) is 5.11 Å². The van der Waals surface area contributed by atoms with E-state index in [4.69, 9.17) is 10.5 Å². The molecule has 3 nitrogen and oxygen atoms in total. The number of nitrogens with two attached hydrogens (primary N) is 1. The smallest absolute Gasteiger partial charge is 0.133 e. The Morgan fingerprint density at radius 1 is 1.32 bits per heavy atom. The summed E-state index contributed by atoms with van der Waals surface area (Å²) in [4.78, 5) is 0. The molecule has 3 rings (SSSR count). The molecule has 5 heteroatoms. The van der Waals surface area contributed by atoms with Crippen LogP contribution in [0.1, 0.15) is 54.9 Å². The number of halogens is 2. The molecule has 2 aliphatic rings. The van der Waals surface area contributed by atoms with Gasteiger partial charge in [0.25, 0.3) is 0 Å². The molecule has 0 bridgehead atoms. The summed E-state index contributed by atoms with van der Waals surface area (Å²) in [5, 5.41) is 10.5. The number of benzene rings is 1. The van der Waals surface area contributed by atoms with Gasteiger partial charge in [-0.15, -0.1) is 12.4 Å². The van der Waals surface area contributed by atoms with Crippen molar-refractivity contribution in [3.63, 3.8) is 0 Å². The average molecular weight is 391 g/mol. The molecule has 1 aromatic carbocycles. The number of fused-ring (bicyclic) bond motifs is 1. The molecule has 0 aromatic heterocycles. The van der Waals surface area contributed by atoms with Crippen LogP contribution in [0.3, 0.4) is 0 Å². The van der Waals surface area contributed by atoms with Gasteiger partial charge in [0, 0.05) is 18.5 Å². The Morgan fingerprint density at radius 2 is 2.00 bits per heavy atom. The molecule has 1 saturated carbocycles. The summed E-state index contributed by atoms with van der Waals surface area (Å²) in [6.45, 7) is 2.54. The van der Waals surface area contributed by atoms with Crippen molar-refractivity contribution < 1.29 is 9.84 Å². The van der Waals surface area contributed by atoms with Crippen LogP contribution in [0.25, 0.3) is 0 Å². The first kappa shape index (κ1) is 18.1. The molecule has 2 unspecified atom stereocenters. The van der Waals surface area contributed by atoms with Crippen LogP contribution in [0.2, 0.25) is 0 Å². The van der Waals surface area contributed by atoms with Gasteiger partial charge in [-0.3, -0.25) is 0 Å². The Balaban J connectivity index is 0.00000176. The van der Waals surface area contributed by atoms with Crippen molar-refractivity contribution in [3.05, 3.63) is 27.2 Å². The molecule has 0 radical (unpaired) electrons. The van der Waals surface area contributed by atoms with Crippen LogP contribution in [0, 0.1) is 12.8 Å². The van der Waals surface area contributed by atoms with Crippen LogP contribution in [0.4, 0.5) is 0 Å².